The van der Waals surface area contributed by atoms with Crippen LogP contribution in [-0.4, -0.2) is 53.5 Å². The summed E-state index contributed by atoms with van der Waals surface area (Å²) >= 11 is 0. The Bertz CT molecular complexity index is 910. The number of aromatic hydroxyl groups is 1. The number of aromatic nitrogens is 3. The van der Waals surface area contributed by atoms with Gasteiger partial charge >= 0.3 is 0 Å². The molecule has 0 spiro atoms. The highest BCUT2D eigenvalue weighted by Gasteiger charge is 2.19. The zero-order valence-electron chi connectivity index (χ0n) is 13.8. The molecule has 3 heterocycles. The summed E-state index contributed by atoms with van der Waals surface area (Å²) in [6.45, 7) is 2.81. The van der Waals surface area contributed by atoms with E-state index >= 15 is 0 Å². The van der Waals surface area contributed by atoms with Crippen molar-refractivity contribution in [2.45, 2.75) is 0 Å². The number of nitrogens with zero attached hydrogens (tertiary/aromatic N) is 4. The highest BCUT2D eigenvalue weighted by Crippen LogP contribution is 2.29. The van der Waals surface area contributed by atoms with Crippen LogP contribution in [0, 0.1) is 0 Å². The molecule has 1 aromatic carbocycles. The lowest BCUT2D eigenvalue weighted by Crippen LogP contribution is -2.37. The zero-order valence-corrected chi connectivity index (χ0v) is 13.8. The van der Waals surface area contributed by atoms with Gasteiger partial charge in [0.2, 0.25) is 0 Å². The van der Waals surface area contributed by atoms with E-state index in [1.807, 2.05) is 12.1 Å². The minimum Gasteiger partial charge on any atom is -0.508 e. The summed E-state index contributed by atoms with van der Waals surface area (Å²) in [5.41, 5.74) is 2.18. The van der Waals surface area contributed by atoms with Gasteiger partial charge in [0.05, 0.1) is 32.0 Å². The lowest BCUT2D eigenvalue weighted by atomic mass is 10.2. The molecule has 0 amide bonds. The SMILES string of the molecule is COc1cnc2c(N3CCOCC3)nc(-c3cccc(O)c3)nc2c1. The van der Waals surface area contributed by atoms with Crippen LogP contribution < -0.4 is 9.64 Å². The van der Waals surface area contributed by atoms with E-state index < -0.39 is 0 Å². The van der Waals surface area contributed by atoms with Crippen molar-refractivity contribution >= 4 is 16.9 Å². The average Bonchev–Trinajstić information content (AvgIpc) is 2.67. The normalized spacial score (nSPS) is 14.7. The monoisotopic (exact) mass is 338 g/mol. The minimum atomic E-state index is 0.179. The number of morpholine rings is 1. The van der Waals surface area contributed by atoms with Gasteiger partial charge in [-0.15, -0.1) is 0 Å². The third-order valence-corrected chi connectivity index (χ3v) is 4.14. The van der Waals surface area contributed by atoms with Crippen LogP contribution in [0.2, 0.25) is 0 Å². The topological polar surface area (TPSA) is 80.6 Å². The molecule has 0 aliphatic carbocycles. The smallest absolute Gasteiger partial charge is 0.162 e. The predicted molar refractivity (Wildman–Crippen MR) is 94.0 cm³/mol. The second-order valence-electron chi connectivity index (χ2n) is 5.76. The lowest BCUT2D eigenvalue weighted by Gasteiger charge is -2.28. The van der Waals surface area contributed by atoms with Crippen molar-refractivity contribution in [1.82, 2.24) is 15.0 Å². The highest BCUT2D eigenvalue weighted by atomic mass is 16.5. The number of anilines is 1. The van der Waals surface area contributed by atoms with Crippen molar-refractivity contribution in [3.63, 3.8) is 0 Å². The van der Waals surface area contributed by atoms with Gasteiger partial charge in [0, 0.05) is 24.7 Å². The molecule has 7 nitrogen and oxygen atoms in total. The second kappa shape index (κ2) is 6.52. The number of fused-ring (bicyclic) bond motifs is 1. The number of phenolic OH excluding ortho intramolecular Hbond substituents is 1. The molecule has 0 atom stereocenters. The standard InChI is InChI=1S/C18H18N4O3/c1-24-14-10-15-16(19-11-14)18(22-5-7-25-8-6-22)21-17(20-15)12-3-2-4-13(23)9-12/h2-4,9-11,23H,5-8H2,1H3. The number of pyridine rings is 1. The molecular formula is C18H18N4O3. The number of ether oxygens (including phenoxy) is 2. The predicted octanol–water partition coefficient (Wildman–Crippen LogP) is 2.24. The fourth-order valence-corrected chi connectivity index (χ4v) is 2.87. The van der Waals surface area contributed by atoms with Gasteiger partial charge in [-0.25, -0.2) is 15.0 Å². The number of hydrogen-bond donors (Lipinski definition) is 1. The number of methoxy groups -OCH3 is 1. The maximum atomic E-state index is 9.77. The zero-order chi connectivity index (χ0) is 17.2. The van der Waals surface area contributed by atoms with Gasteiger partial charge < -0.3 is 19.5 Å². The molecule has 2 aromatic heterocycles. The highest BCUT2D eigenvalue weighted by molar-refractivity contribution is 5.88. The van der Waals surface area contributed by atoms with Crippen LogP contribution in [-0.2, 0) is 4.74 Å². The number of phenols is 1. The quantitative estimate of drug-likeness (QED) is 0.784. The van der Waals surface area contributed by atoms with Crippen LogP contribution in [0.4, 0.5) is 5.82 Å². The third kappa shape index (κ3) is 3.06. The van der Waals surface area contributed by atoms with E-state index in [-0.39, 0.29) is 5.75 Å². The van der Waals surface area contributed by atoms with Crippen LogP contribution in [0.5, 0.6) is 11.5 Å². The Kier molecular flexibility index (Phi) is 4.07. The Morgan fingerprint density at radius 1 is 1.16 bits per heavy atom. The summed E-state index contributed by atoms with van der Waals surface area (Å²) in [5.74, 6) is 2.13. The minimum absolute atomic E-state index is 0.179. The fourth-order valence-electron chi connectivity index (χ4n) is 2.87. The Hall–Kier alpha value is -2.93. The number of rotatable bonds is 3. The van der Waals surface area contributed by atoms with E-state index in [0.717, 1.165) is 30.0 Å². The summed E-state index contributed by atoms with van der Waals surface area (Å²) in [5, 5.41) is 9.77. The van der Waals surface area contributed by atoms with Crippen LogP contribution in [0.3, 0.4) is 0 Å². The third-order valence-electron chi connectivity index (χ3n) is 4.14. The molecule has 0 bridgehead atoms. The molecular weight excluding hydrogens is 320 g/mol. The Morgan fingerprint density at radius 2 is 2.00 bits per heavy atom. The fraction of sp³-hybridized carbons (Fsp3) is 0.278. The molecule has 1 N–H and O–H groups in total. The molecule has 7 heteroatoms. The van der Waals surface area contributed by atoms with Crippen LogP contribution >= 0.6 is 0 Å². The van der Waals surface area contributed by atoms with E-state index in [4.69, 9.17) is 14.5 Å². The van der Waals surface area contributed by atoms with Gasteiger partial charge in [-0.2, -0.15) is 0 Å². The van der Waals surface area contributed by atoms with E-state index in [0.29, 0.717) is 30.3 Å². The molecule has 0 unspecified atom stereocenters. The molecule has 1 saturated heterocycles. The summed E-state index contributed by atoms with van der Waals surface area (Å²) < 4.78 is 10.7. The lowest BCUT2D eigenvalue weighted by molar-refractivity contribution is 0.122. The molecule has 1 aliphatic rings. The van der Waals surface area contributed by atoms with Gasteiger partial charge in [-0.3, -0.25) is 0 Å². The molecule has 0 radical (unpaired) electrons. The summed E-state index contributed by atoms with van der Waals surface area (Å²) in [6.07, 6.45) is 1.67. The van der Waals surface area contributed by atoms with Crippen molar-refractivity contribution in [1.29, 1.82) is 0 Å². The Morgan fingerprint density at radius 3 is 2.76 bits per heavy atom. The molecule has 3 aromatic rings. The van der Waals surface area contributed by atoms with Crippen molar-refractivity contribution in [3.05, 3.63) is 36.5 Å². The van der Waals surface area contributed by atoms with E-state index in [1.165, 1.54) is 0 Å². The van der Waals surface area contributed by atoms with Crippen LogP contribution in [0.25, 0.3) is 22.4 Å². The van der Waals surface area contributed by atoms with E-state index in [1.54, 1.807) is 31.5 Å². The maximum Gasteiger partial charge on any atom is 0.162 e. The largest absolute Gasteiger partial charge is 0.508 e. The average molecular weight is 338 g/mol. The first-order valence-corrected chi connectivity index (χ1v) is 8.08. The summed E-state index contributed by atoms with van der Waals surface area (Å²) in [7, 11) is 1.60. The summed E-state index contributed by atoms with van der Waals surface area (Å²) in [4.78, 5) is 16.0. The molecule has 1 aliphatic heterocycles. The van der Waals surface area contributed by atoms with Crippen molar-refractivity contribution < 1.29 is 14.6 Å². The molecule has 1 fully saturated rings. The van der Waals surface area contributed by atoms with Gasteiger partial charge in [-0.05, 0) is 12.1 Å². The molecule has 25 heavy (non-hydrogen) atoms. The van der Waals surface area contributed by atoms with Gasteiger partial charge in [0.1, 0.15) is 17.0 Å². The van der Waals surface area contributed by atoms with E-state index in [9.17, 15) is 5.11 Å². The molecule has 4 rings (SSSR count). The van der Waals surface area contributed by atoms with Gasteiger partial charge in [0.25, 0.3) is 0 Å². The van der Waals surface area contributed by atoms with Crippen LogP contribution in [0.15, 0.2) is 36.5 Å². The Balaban J connectivity index is 1.91. The number of hydrogen-bond acceptors (Lipinski definition) is 7. The Labute approximate surface area is 144 Å². The number of benzene rings is 1. The van der Waals surface area contributed by atoms with Crippen LogP contribution in [0.1, 0.15) is 0 Å². The molecule has 128 valence electrons. The van der Waals surface area contributed by atoms with Crippen molar-refractivity contribution in [3.8, 4) is 22.9 Å². The summed E-state index contributed by atoms with van der Waals surface area (Å²) in [6, 6.07) is 8.77. The first-order chi connectivity index (χ1) is 12.2. The maximum absolute atomic E-state index is 9.77. The first kappa shape index (κ1) is 15.6. The van der Waals surface area contributed by atoms with Gasteiger partial charge in [0.15, 0.2) is 11.6 Å². The molecule has 0 saturated carbocycles. The first-order valence-electron chi connectivity index (χ1n) is 8.08. The van der Waals surface area contributed by atoms with Gasteiger partial charge in [-0.1, -0.05) is 12.1 Å². The van der Waals surface area contributed by atoms with Crippen molar-refractivity contribution in [2.24, 2.45) is 0 Å². The second-order valence-corrected chi connectivity index (χ2v) is 5.76. The van der Waals surface area contributed by atoms with Crippen molar-refractivity contribution in [2.75, 3.05) is 38.3 Å². The van der Waals surface area contributed by atoms with E-state index in [2.05, 4.69) is 14.9 Å².